The minimum absolute atomic E-state index is 0.0312. The van der Waals surface area contributed by atoms with Gasteiger partial charge in [-0.15, -0.1) is 0 Å². The Balaban J connectivity index is 2.60. The molecule has 1 rings (SSSR count). The van der Waals surface area contributed by atoms with Crippen molar-refractivity contribution in [2.75, 3.05) is 11.5 Å². The van der Waals surface area contributed by atoms with Crippen LogP contribution in [0.25, 0.3) is 0 Å². The molecule has 84 valence electrons. The highest BCUT2D eigenvalue weighted by molar-refractivity contribution is 7.91. The van der Waals surface area contributed by atoms with Gasteiger partial charge in [-0.2, -0.15) is 0 Å². The predicted molar refractivity (Wildman–Crippen MR) is 56.9 cm³/mol. The molecular formula is C10H20O3S. The first-order chi connectivity index (χ1) is 6.41. The molecule has 1 fully saturated rings. The molecule has 0 radical (unpaired) electrons. The van der Waals surface area contributed by atoms with Gasteiger partial charge in [0.15, 0.2) is 9.84 Å². The van der Waals surface area contributed by atoms with Gasteiger partial charge in [0.1, 0.15) is 0 Å². The lowest BCUT2D eigenvalue weighted by Crippen LogP contribution is -2.32. The lowest BCUT2D eigenvalue weighted by Gasteiger charge is -2.25. The zero-order chi connectivity index (χ0) is 10.8. The highest BCUT2D eigenvalue weighted by Gasteiger charge is 2.41. The molecule has 1 atom stereocenters. The lowest BCUT2D eigenvalue weighted by molar-refractivity contribution is 0.0395. The summed E-state index contributed by atoms with van der Waals surface area (Å²) in [6.45, 7) is 4.17. The van der Waals surface area contributed by atoms with Crippen molar-refractivity contribution >= 4 is 9.84 Å². The third-order valence-electron chi connectivity index (χ3n) is 3.19. The molecular weight excluding hydrogens is 200 g/mol. The number of aliphatic hydroxyl groups is 1. The van der Waals surface area contributed by atoms with Gasteiger partial charge in [-0.3, -0.25) is 0 Å². The molecule has 1 heterocycles. The highest BCUT2D eigenvalue weighted by atomic mass is 32.2. The summed E-state index contributed by atoms with van der Waals surface area (Å²) in [4.78, 5) is 0. The molecule has 14 heavy (non-hydrogen) atoms. The van der Waals surface area contributed by atoms with Gasteiger partial charge in [-0.1, -0.05) is 26.7 Å². The molecule has 0 aliphatic carbocycles. The predicted octanol–water partition coefficient (Wildman–Crippen LogP) is 1.36. The number of sulfone groups is 1. The van der Waals surface area contributed by atoms with Gasteiger partial charge in [0.2, 0.25) is 0 Å². The van der Waals surface area contributed by atoms with Crippen molar-refractivity contribution in [2.24, 2.45) is 5.92 Å². The normalized spacial score (nSPS) is 31.1. The van der Waals surface area contributed by atoms with Crippen molar-refractivity contribution in [3.05, 3.63) is 0 Å². The van der Waals surface area contributed by atoms with E-state index in [0.717, 1.165) is 12.8 Å². The summed E-state index contributed by atoms with van der Waals surface area (Å²) in [6, 6.07) is 0. The van der Waals surface area contributed by atoms with Crippen LogP contribution in [-0.4, -0.2) is 30.6 Å². The summed E-state index contributed by atoms with van der Waals surface area (Å²) in [5.41, 5.74) is -0.935. The molecule has 4 heteroatoms. The second-order valence-corrected chi connectivity index (χ2v) is 6.64. The molecule has 1 aliphatic rings. The summed E-state index contributed by atoms with van der Waals surface area (Å²) < 4.78 is 22.5. The topological polar surface area (TPSA) is 54.4 Å². The summed E-state index contributed by atoms with van der Waals surface area (Å²) in [5, 5.41) is 10.1. The Labute approximate surface area is 86.4 Å². The largest absolute Gasteiger partial charge is 0.389 e. The average Bonchev–Trinajstić information content (AvgIpc) is 2.37. The van der Waals surface area contributed by atoms with E-state index in [1.807, 2.05) is 0 Å². The van der Waals surface area contributed by atoms with E-state index in [2.05, 4.69) is 13.8 Å². The van der Waals surface area contributed by atoms with Crippen LogP contribution in [0.3, 0.4) is 0 Å². The fourth-order valence-corrected chi connectivity index (χ4v) is 4.09. The van der Waals surface area contributed by atoms with E-state index < -0.39 is 15.4 Å². The van der Waals surface area contributed by atoms with Crippen LogP contribution < -0.4 is 0 Å². The van der Waals surface area contributed by atoms with E-state index in [4.69, 9.17) is 0 Å². The molecule has 0 aromatic rings. The third kappa shape index (κ3) is 2.95. The van der Waals surface area contributed by atoms with Gasteiger partial charge < -0.3 is 5.11 Å². The number of hydrogen-bond donors (Lipinski definition) is 1. The van der Waals surface area contributed by atoms with Crippen LogP contribution in [0.5, 0.6) is 0 Å². The van der Waals surface area contributed by atoms with Crippen LogP contribution >= 0.6 is 0 Å². The number of rotatable bonds is 4. The van der Waals surface area contributed by atoms with Crippen LogP contribution in [0.15, 0.2) is 0 Å². The second-order valence-electron chi connectivity index (χ2n) is 4.45. The van der Waals surface area contributed by atoms with Gasteiger partial charge in [0, 0.05) is 0 Å². The van der Waals surface area contributed by atoms with E-state index in [-0.39, 0.29) is 11.5 Å². The van der Waals surface area contributed by atoms with Crippen LogP contribution in [0.2, 0.25) is 0 Å². The SMILES string of the molecule is CCC(CC)CC1(O)CCS(=O)(=O)C1. The maximum atomic E-state index is 11.2. The van der Waals surface area contributed by atoms with Crippen LogP contribution in [0, 0.1) is 5.92 Å². The standard InChI is InChI=1S/C10H20O3S/c1-3-9(4-2)7-10(11)5-6-14(12,13)8-10/h9,11H,3-8H2,1-2H3. The Morgan fingerprint density at radius 3 is 2.29 bits per heavy atom. The average molecular weight is 220 g/mol. The first kappa shape index (κ1) is 12.0. The first-order valence-electron chi connectivity index (χ1n) is 5.33. The van der Waals surface area contributed by atoms with E-state index in [1.165, 1.54) is 0 Å². The van der Waals surface area contributed by atoms with Crippen molar-refractivity contribution < 1.29 is 13.5 Å². The summed E-state index contributed by atoms with van der Waals surface area (Å²) in [6.07, 6.45) is 3.09. The fourth-order valence-electron chi connectivity index (χ4n) is 2.17. The quantitative estimate of drug-likeness (QED) is 0.778. The van der Waals surface area contributed by atoms with Crippen molar-refractivity contribution in [1.82, 2.24) is 0 Å². The Kier molecular flexibility index (Phi) is 3.58. The van der Waals surface area contributed by atoms with Crippen LogP contribution in [0.1, 0.15) is 39.5 Å². The Bertz CT molecular complexity index is 280. The Morgan fingerprint density at radius 2 is 1.93 bits per heavy atom. The molecule has 1 unspecified atom stereocenters. The Morgan fingerprint density at radius 1 is 1.36 bits per heavy atom. The second kappa shape index (κ2) is 4.19. The maximum Gasteiger partial charge on any atom is 0.153 e. The summed E-state index contributed by atoms with van der Waals surface area (Å²) in [5.74, 6) is 0.577. The minimum Gasteiger partial charge on any atom is -0.389 e. The highest BCUT2D eigenvalue weighted by Crippen LogP contribution is 2.31. The monoisotopic (exact) mass is 220 g/mol. The van der Waals surface area contributed by atoms with Crippen molar-refractivity contribution in [3.63, 3.8) is 0 Å². The van der Waals surface area contributed by atoms with Gasteiger partial charge in [-0.05, 0) is 18.8 Å². The van der Waals surface area contributed by atoms with Gasteiger partial charge >= 0.3 is 0 Å². The molecule has 0 bridgehead atoms. The molecule has 0 aromatic carbocycles. The minimum atomic E-state index is -2.97. The molecule has 1 N–H and O–H groups in total. The molecule has 3 nitrogen and oxygen atoms in total. The molecule has 1 saturated heterocycles. The van der Waals surface area contributed by atoms with Gasteiger partial charge in [0.05, 0.1) is 17.1 Å². The fraction of sp³-hybridized carbons (Fsp3) is 1.00. The summed E-state index contributed by atoms with van der Waals surface area (Å²) >= 11 is 0. The smallest absolute Gasteiger partial charge is 0.153 e. The van der Waals surface area contributed by atoms with E-state index in [9.17, 15) is 13.5 Å². The summed E-state index contributed by atoms with van der Waals surface area (Å²) in [7, 11) is -2.97. The van der Waals surface area contributed by atoms with Crippen LogP contribution in [-0.2, 0) is 9.84 Å². The van der Waals surface area contributed by atoms with Gasteiger partial charge in [-0.25, -0.2) is 8.42 Å². The van der Waals surface area contributed by atoms with Crippen LogP contribution in [0.4, 0.5) is 0 Å². The maximum absolute atomic E-state index is 11.2. The van der Waals surface area contributed by atoms with Gasteiger partial charge in [0.25, 0.3) is 0 Å². The molecule has 1 aliphatic heterocycles. The van der Waals surface area contributed by atoms with Crippen molar-refractivity contribution in [1.29, 1.82) is 0 Å². The first-order valence-corrected chi connectivity index (χ1v) is 7.16. The van der Waals surface area contributed by atoms with Crippen molar-refractivity contribution in [3.8, 4) is 0 Å². The molecule has 0 saturated carbocycles. The number of hydrogen-bond acceptors (Lipinski definition) is 3. The molecule has 0 aromatic heterocycles. The van der Waals surface area contributed by atoms with E-state index in [0.29, 0.717) is 18.8 Å². The third-order valence-corrected chi connectivity index (χ3v) is 4.99. The molecule has 0 amide bonds. The van der Waals surface area contributed by atoms with E-state index >= 15 is 0 Å². The molecule has 0 spiro atoms. The lowest BCUT2D eigenvalue weighted by atomic mass is 9.87. The Hall–Kier alpha value is -0.0900. The van der Waals surface area contributed by atoms with Crippen molar-refractivity contribution in [2.45, 2.75) is 45.1 Å². The van der Waals surface area contributed by atoms with E-state index in [1.54, 1.807) is 0 Å². The zero-order valence-corrected chi connectivity index (χ0v) is 9.81. The zero-order valence-electron chi connectivity index (χ0n) is 8.99.